The van der Waals surface area contributed by atoms with Gasteiger partial charge in [0.2, 0.25) is 0 Å². The van der Waals surface area contributed by atoms with Crippen molar-refractivity contribution in [1.29, 1.82) is 0 Å². The molecule has 0 saturated heterocycles. The van der Waals surface area contributed by atoms with Crippen LogP contribution >= 0.6 is 0 Å². The Morgan fingerprint density at radius 3 is 1.77 bits per heavy atom. The summed E-state index contributed by atoms with van der Waals surface area (Å²) in [5, 5.41) is 3.05. The Bertz CT molecular complexity index is 1120. The molecule has 2 nitrogen and oxygen atoms in total. The van der Waals surface area contributed by atoms with Crippen molar-refractivity contribution in [2.24, 2.45) is 0 Å². The number of carbonyl (C=O) groups excluding carboxylic acids is 1. The van der Waals surface area contributed by atoms with Gasteiger partial charge in [0.25, 0.3) is 5.91 Å². The van der Waals surface area contributed by atoms with Gasteiger partial charge in [-0.25, -0.2) is 0 Å². The number of aryl methyl sites for hydroxylation is 2. The molecule has 0 heterocycles. The molecule has 0 saturated carbocycles. The van der Waals surface area contributed by atoms with Crippen molar-refractivity contribution >= 4 is 5.91 Å². The predicted molar refractivity (Wildman–Crippen MR) is 155 cm³/mol. The number of nitrogens with one attached hydrogen (secondary N) is 1. The Balaban J connectivity index is 1.39. The highest BCUT2D eigenvalue weighted by atomic mass is 19.4. The van der Waals surface area contributed by atoms with Gasteiger partial charge in [-0.15, -0.1) is 0 Å². The highest BCUT2D eigenvalue weighted by molar-refractivity contribution is 5.95. The number of amides is 1. The molecule has 0 aliphatic heterocycles. The molecular weight excluding hydrogens is 495 g/mol. The van der Waals surface area contributed by atoms with Crippen LogP contribution in [0.1, 0.15) is 98.2 Å². The molecule has 0 spiro atoms. The van der Waals surface area contributed by atoms with Crippen LogP contribution in [-0.2, 0) is 19.0 Å². The minimum atomic E-state index is -4.31. The Morgan fingerprint density at radius 2 is 1.21 bits per heavy atom. The molecule has 0 aromatic heterocycles. The smallest absolute Gasteiger partial charge is 0.352 e. The maximum absolute atomic E-state index is 12.7. The zero-order valence-corrected chi connectivity index (χ0v) is 23.2. The second-order valence-electron chi connectivity index (χ2n) is 10.4. The van der Waals surface area contributed by atoms with Gasteiger partial charge < -0.3 is 5.32 Å². The lowest BCUT2D eigenvalue weighted by Gasteiger charge is -2.09. The Labute approximate surface area is 232 Å². The van der Waals surface area contributed by atoms with Gasteiger partial charge >= 0.3 is 6.18 Å². The Morgan fingerprint density at radius 1 is 0.667 bits per heavy atom. The van der Waals surface area contributed by atoms with Crippen LogP contribution in [0.2, 0.25) is 0 Å². The van der Waals surface area contributed by atoms with Crippen molar-refractivity contribution in [3.63, 3.8) is 0 Å². The summed E-state index contributed by atoms with van der Waals surface area (Å²) in [6.07, 6.45) is 9.84. The summed E-state index contributed by atoms with van der Waals surface area (Å²) < 4.78 is 38.2. The molecule has 39 heavy (non-hydrogen) atoms. The van der Waals surface area contributed by atoms with Gasteiger partial charge in [-0.05, 0) is 65.8 Å². The topological polar surface area (TPSA) is 29.1 Å². The van der Waals surface area contributed by atoms with E-state index in [4.69, 9.17) is 0 Å². The van der Waals surface area contributed by atoms with E-state index in [-0.39, 0.29) is 5.91 Å². The van der Waals surface area contributed by atoms with Gasteiger partial charge in [-0.1, -0.05) is 113 Å². The molecule has 0 radical (unpaired) electrons. The minimum Gasteiger partial charge on any atom is -0.352 e. The average molecular weight is 538 g/mol. The van der Waals surface area contributed by atoms with Crippen molar-refractivity contribution in [1.82, 2.24) is 5.32 Å². The summed E-state index contributed by atoms with van der Waals surface area (Å²) in [6, 6.07) is 21.2. The standard InChI is InChI=1S/C34H42F3NO/c1-2-3-4-5-6-7-8-9-10-11-25-38-33(39)31-14-12-13-30(26-31)29-21-17-27(18-22-29)15-16-28-19-23-32(24-20-28)34(35,36)37/h12-14,17-24,26H,2-11,15-16,25H2,1H3,(H,38,39). The zero-order chi connectivity index (χ0) is 27.9. The van der Waals surface area contributed by atoms with Crippen molar-refractivity contribution in [2.45, 2.75) is 90.1 Å². The monoisotopic (exact) mass is 537 g/mol. The lowest BCUT2D eigenvalue weighted by atomic mass is 9.99. The first-order valence-corrected chi connectivity index (χ1v) is 14.5. The number of alkyl halides is 3. The van der Waals surface area contributed by atoms with Crippen molar-refractivity contribution in [2.75, 3.05) is 6.54 Å². The highest BCUT2D eigenvalue weighted by Crippen LogP contribution is 2.29. The Hall–Kier alpha value is -3.08. The van der Waals surface area contributed by atoms with E-state index in [1.54, 1.807) is 12.1 Å². The molecule has 5 heteroatoms. The van der Waals surface area contributed by atoms with Crippen LogP contribution in [0.3, 0.4) is 0 Å². The van der Waals surface area contributed by atoms with Gasteiger partial charge in [-0.3, -0.25) is 4.79 Å². The molecule has 1 amide bonds. The predicted octanol–water partition coefficient (Wildman–Crippen LogP) is 9.81. The molecule has 0 unspecified atom stereocenters. The summed E-state index contributed by atoms with van der Waals surface area (Å²) in [7, 11) is 0. The summed E-state index contributed by atoms with van der Waals surface area (Å²) in [5.41, 5.74) is 4.04. The van der Waals surface area contributed by atoms with Crippen LogP contribution in [0, 0.1) is 0 Å². The molecule has 0 bridgehead atoms. The van der Waals surface area contributed by atoms with Gasteiger partial charge in [0.1, 0.15) is 0 Å². The first-order valence-electron chi connectivity index (χ1n) is 14.5. The second kappa shape index (κ2) is 16.1. The number of hydrogen-bond donors (Lipinski definition) is 1. The van der Waals surface area contributed by atoms with E-state index in [0.717, 1.165) is 53.6 Å². The summed E-state index contributed by atoms with van der Waals surface area (Å²) in [5.74, 6) is -0.0408. The number of benzene rings is 3. The summed E-state index contributed by atoms with van der Waals surface area (Å²) in [6.45, 7) is 2.95. The minimum absolute atomic E-state index is 0.0408. The van der Waals surface area contributed by atoms with Crippen LogP contribution < -0.4 is 5.32 Å². The summed E-state index contributed by atoms with van der Waals surface area (Å²) in [4.78, 5) is 12.7. The maximum Gasteiger partial charge on any atom is 0.416 e. The Kier molecular flexibility index (Phi) is 12.6. The fourth-order valence-electron chi connectivity index (χ4n) is 4.77. The molecular formula is C34H42F3NO. The van der Waals surface area contributed by atoms with Crippen LogP contribution in [0.25, 0.3) is 11.1 Å². The fraction of sp³-hybridized carbons (Fsp3) is 0.441. The van der Waals surface area contributed by atoms with Crippen LogP contribution in [0.5, 0.6) is 0 Å². The van der Waals surface area contributed by atoms with Gasteiger partial charge in [0, 0.05) is 12.1 Å². The highest BCUT2D eigenvalue weighted by Gasteiger charge is 2.29. The largest absolute Gasteiger partial charge is 0.416 e. The lowest BCUT2D eigenvalue weighted by Crippen LogP contribution is -2.24. The molecule has 3 aromatic rings. The lowest BCUT2D eigenvalue weighted by molar-refractivity contribution is -0.137. The second-order valence-corrected chi connectivity index (χ2v) is 10.4. The van der Waals surface area contributed by atoms with Crippen LogP contribution in [0.15, 0.2) is 72.8 Å². The molecule has 0 aliphatic rings. The SMILES string of the molecule is CCCCCCCCCCCCNC(=O)c1cccc(-c2ccc(CCc3ccc(C(F)(F)F)cc3)cc2)c1. The number of rotatable bonds is 16. The van der Waals surface area contributed by atoms with E-state index in [2.05, 4.69) is 12.2 Å². The molecule has 0 fully saturated rings. The van der Waals surface area contributed by atoms with E-state index in [1.807, 2.05) is 48.5 Å². The van der Waals surface area contributed by atoms with Crippen LogP contribution in [-0.4, -0.2) is 12.5 Å². The van der Waals surface area contributed by atoms with E-state index in [9.17, 15) is 18.0 Å². The van der Waals surface area contributed by atoms with Crippen molar-refractivity contribution < 1.29 is 18.0 Å². The molecule has 0 atom stereocenters. The number of halogens is 3. The molecule has 3 aromatic carbocycles. The molecule has 210 valence electrons. The van der Waals surface area contributed by atoms with Gasteiger partial charge in [0.15, 0.2) is 0 Å². The third-order valence-corrected chi connectivity index (χ3v) is 7.21. The van der Waals surface area contributed by atoms with Gasteiger partial charge in [0.05, 0.1) is 5.56 Å². The van der Waals surface area contributed by atoms with E-state index in [1.165, 1.54) is 51.4 Å². The zero-order valence-electron chi connectivity index (χ0n) is 23.2. The third kappa shape index (κ3) is 10.9. The van der Waals surface area contributed by atoms with Crippen molar-refractivity contribution in [3.05, 3.63) is 95.1 Å². The van der Waals surface area contributed by atoms with E-state index in [0.29, 0.717) is 18.5 Å². The maximum atomic E-state index is 12.7. The fourth-order valence-corrected chi connectivity index (χ4v) is 4.77. The van der Waals surface area contributed by atoms with E-state index >= 15 is 0 Å². The van der Waals surface area contributed by atoms with Gasteiger partial charge in [-0.2, -0.15) is 13.2 Å². The van der Waals surface area contributed by atoms with E-state index < -0.39 is 11.7 Å². The quantitative estimate of drug-likeness (QED) is 0.181. The molecule has 0 aliphatic carbocycles. The number of hydrogen-bond acceptors (Lipinski definition) is 1. The first kappa shape index (κ1) is 30.5. The molecule has 3 rings (SSSR count). The van der Waals surface area contributed by atoms with Crippen LogP contribution in [0.4, 0.5) is 13.2 Å². The van der Waals surface area contributed by atoms with Crippen molar-refractivity contribution in [3.8, 4) is 11.1 Å². The normalized spacial score (nSPS) is 11.5. The molecule has 1 N–H and O–H groups in total. The number of unbranched alkanes of at least 4 members (excludes halogenated alkanes) is 9. The summed E-state index contributed by atoms with van der Waals surface area (Å²) >= 11 is 0. The number of carbonyl (C=O) groups is 1. The third-order valence-electron chi connectivity index (χ3n) is 7.21. The average Bonchev–Trinajstić information content (AvgIpc) is 2.95. The first-order chi connectivity index (χ1) is 18.9.